The molecule has 0 aliphatic carbocycles. The lowest BCUT2D eigenvalue weighted by Crippen LogP contribution is -2.40. The van der Waals surface area contributed by atoms with E-state index in [4.69, 9.17) is 4.42 Å². The lowest BCUT2D eigenvalue weighted by atomic mass is 10.1. The van der Waals surface area contributed by atoms with Gasteiger partial charge in [0.1, 0.15) is 5.76 Å². The maximum absolute atomic E-state index is 12.2. The molecule has 6 nitrogen and oxygen atoms in total. The Kier molecular flexibility index (Phi) is 7.03. The van der Waals surface area contributed by atoms with Crippen LogP contribution in [0.2, 0.25) is 0 Å². The summed E-state index contributed by atoms with van der Waals surface area (Å²) in [5, 5.41) is 8.89. The molecule has 1 unspecified atom stereocenters. The fraction of sp³-hybridized carbons (Fsp3) is 0.333. The molecule has 2 heterocycles. The van der Waals surface area contributed by atoms with Crippen molar-refractivity contribution < 1.29 is 14.0 Å². The van der Waals surface area contributed by atoms with Crippen LogP contribution in [0, 0.1) is 0 Å². The zero-order valence-corrected chi connectivity index (χ0v) is 14.6. The van der Waals surface area contributed by atoms with Crippen LogP contribution < -0.4 is 16.0 Å². The second-order valence-electron chi connectivity index (χ2n) is 5.83. The van der Waals surface area contributed by atoms with E-state index >= 15 is 0 Å². The number of amides is 2. The first-order chi connectivity index (χ1) is 11.7. The van der Waals surface area contributed by atoms with Crippen LogP contribution in [-0.4, -0.2) is 24.4 Å². The molecule has 25 heavy (non-hydrogen) atoms. The number of halogens is 1. The van der Waals surface area contributed by atoms with E-state index in [1.807, 2.05) is 18.2 Å². The molecule has 1 aliphatic heterocycles. The van der Waals surface area contributed by atoms with Crippen molar-refractivity contribution in [2.24, 2.45) is 0 Å². The smallest absolute Gasteiger partial charge is 0.251 e. The Labute approximate surface area is 152 Å². The van der Waals surface area contributed by atoms with Crippen molar-refractivity contribution in [2.75, 3.05) is 6.54 Å². The van der Waals surface area contributed by atoms with E-state index in [9.17, 15) is 9.59 Å². The zero-order chi connectivity index (χ0) is 16.8. The quantitative estimate of drug-likeness (QED) is 0.733. The summed E-state index contributed by atoms with van der Waals surface area (Å²) in [6, 6.07) is 10.8. The molecule has 0 radical (unpaired) electrons. The fourth-order valence-electron chi connectivity index (χ4n) is 2.73. The SMILES string of the molecule is Cl.O=C(NCc1ccco1)c1cccc(CNC(=O)C2CCCN2)c1. The Bertz CT molecular complexity index is 697. The van der Waals surface area contributed by atoms with E-state index in [1.54, 1.807) is 24.5 Å². The molecule has 3 rings (SSSR count). The van der Waals surface area contributed by atoms with Gasteiger partial charge >= 0.3 is 0 Å². The molecule has 134 valence electrons. The normalized spacial score (nSPS) is 16.1. The van der Waals surface area contributed by atoms with Gasteiger partial charge in [-0.15, -0.1) is 12.4 Å². The minimum atomic E-state index is -0.169. The first-order valence-electron chi connectivity index (χ1n) is 8.13. The number of rotatable bonds is 6. The van der Waals surface area contributed by atoms with E-state index in [2.05, 4.69) is 16.0 Å². The summed E-state index contributed by atoms with van der Waals surface area (Å²) < 4.78 is 5.19. The van der Waals surface area contributed by atoms with Crippen LogP contribution in [0.1, 0.15) is 34.5 Å². The summed E-state index contributed by atoms with van der Waals surface area (Å²) in [6.07, 6.45) is 3.48. The van der Waals surface area contributed by atoms with E-state index < -0.39 is 0 Å². The van der Waals surface area contributed by atoms with Crippen molar-refractivity contribution in [2.45, 2.75) is 32.0 Å². The average Bonchev–Trinajstić information content (AvgIpc) is 3.31. The number of nitrogens with one attached hydrogen (secondary N) is 3. The zero-order valence-electron chi connectivity index (χ0n) is 13.8. The van der Waals surface area contributed by atoms with Crippen LogP contribution in [0.4, 0.5) is 0 Å². The third kappa shape index (κ3) is 5.34. The molecule has 1 saturated heterocycles. The lowest BCUT2D eigenvalue weighted by molar-refractivity contribution is -0.122. The Morgan fingerprint density at radius 3 is 2.76 bits per heavy atom. The summed E-state index contributed by atoms with van der Waals surface area (Å²) in [5.41, 5.74) is 1.46. The molecule has 1 aromatic heterocycles. The van der Waals surface area contributed by atoms with Crippen LogP contribution in [0.3, 0.4) is 0 Å². The van der Waals surface area contributed by atoms with Crippen molar-refractivity contribution in [1.29, 1.82) is 0 Å². The molecule has 0 spiro atoms. The predicted octanol–water partition coefficient (Wildman–Crippen LogP) is 2.00. The highest BCUT2D eigenvalue weighted by molar-refractivity contribution is 5.94. The van der Waals surface area contributed by atoms with Gasteiger partial charge in [-0.1, -0.05) is 12.1 Å². The minimum absolute atomic E-state index is 0. The number of benzene rings is 1. The van der Waals surface area contributed by atoms with E-state index in [1.165, 1.54) is 0 Å². The molecule has 7 heteroatoms. The minimum Gasteiger partial charge on any atom is -0.467 e. The van der Waals surface area contributed by atoms with Gasteiger partial charge in [-0.3, -0.25) is 9.59 Å². The van der Waals surface area contributed by atoms with E-state index in [-0.39, 0.29) is 30.3 Å². The second-order valence-corrected chi connectivity index (χ2v) is 5.83. The molecule has 2 aromatic rings. The van der Waals surface area contributed by atoms with Gasteiger partial charge in [0.25, 0.3) is 5.91 Å². The standard InChI is InChI=1S/C18H21N3O3.ClH/c22-17(21-12-15-6-3-9-24-15)14-5-1-4-13(10-14)11-20-18(23)16-7-2-8-19-16;/h1,3-6,9-10,16,19H,2,7-8,11-12H2,(H,20,23)(H,21,22);1H. The van der Waals surface area contributed by atoms with Gasteiger partial charge in [-0.2, -0.15) is 0 Å². The monoisotopic (exact) mass is 363 g/mol. The molecule has 3 N–H and O–H groups in total. The van der Waals surface area contributed by atoms with Crippen LogP contribution in [0.15, 0.2) is 47.1 Å². The Morgan fingerprint density at radius 2 is 2.04 bits per heavy atom. The van der Waals surface area contributed by atoms with Crippen LogP contribution in [0.5, 0.6) is 0 Å². The molecule has 0 saturated carbocycles. The molecular weight excluding hydrogens is 342 g/mol. The van der Waals surface area contributed by atoms with Gasteiger partial charge in [-0.25, -0.2) is 0 Å². The summed E-state index contributed by atoms with van der Waals surface area (Å²) in [5.74, 6) is 0.549. The van der Waals surface area contributed by atoms with E-state index in [0.717, 1.165) is 24.9 Å². The Morgan fingerprint density at radius 1 is 1.16 bits per heavy atom. The molecule has 1 aromatic carbocycles. The number of carbonyl (C=O) groups excluding carboxylic acids is 2. The predicted molar refractivity (Wildman–Crippen MR) is 96.4 cm³/mol. The Balaban J connectivity index is 0.00000225. The molecule has 1 aliphatic rings. The summed E-state index contributed by atoms with van der Waals surface area (Å²) >= 11 is 0. The first-order valence-corrected chi connectivity index (χ1v) is 8.13. The van der Waals surface area contributed by atoms with Crippen molar-refractivity contribution in [3.05, 3.63) is 59.5 Å². The topological polar surface area (TPSA) is 83.4 Å². The molecule has 1 atom stereocenters. The van der Waals surface area contributed by atoms with Crippen molar-refractivity contribution >= 4 is 24.2 Å². The maximum atomic E-state index is 12.2. The Hall–Kier alpha value is -2.31. The molecular formula is C18H22ClN3O3. The molecule has 0 bridgehead atoms. The average molecular weight is 364 g/mol. The second kappa shape index (κ2) is 9.25. The highest BCUT2D eigenvalue weighted by Crippen LogP contribution is 2.08. The third-order valence-electron chi connectivity index (χ3n) is 4.04. The van der Waals surface area contributed by atoms with Gasteiger partial charge in [-0.05, 0) is 49.2 Å². The maximum Gasteiger partial charge on any atom is 0.251 e. The highest BCUT2D eigenvalue weighted by Gasteiger charge is 2.21. The van der Waals surface area contributed by atoms with Gasteiger partial charge < -0.3 is 20.4 Å². The largest absolute Gasteiger partial charge is 0.467 e. The van der Waals surface area contributed by atoms with Crippen LogP contribution in [-0.2, 0) is 17.9 Å². The summed E-state index contributed by atoms with van der Waals surface area (Å²) in [6.45, 7) is 1.65. The third-order valence-corrected chi connectivity index (χ3v) is 4.04. The van der Waals surface area contributed by atoms with Crippen molar-refractivity contribution in [1.82, 2.24) is 16.0 Å². The summed E-state index contributed by atoms with van der Waals surface area (Å²) in [7, 11) is 0. The number of carbonyl (C=O) groups is 2. The van der Waals surface area contributed by atoms with Crippen LogP contribution in [0.25, 0.3) is 0 Å². The van der Waals surface area contributed by atoms with E-state index in [0.29, 0.717) is 24.4 Å². The van der Waals surface area contributed by atoms with Gasteiger partial charge in [0.05, 0.1) is 18.8 Å². The highest BCUT2D eigenvalue weighted by atomic mass is 35.5. The lowest BCUT2D eigenvalue weighted by Gasteiger charge is -2.11. The van der Waals surface area contributed by atoms with Gasteiger partial charge in [0.2, 0.25) is 5.91 Å². The van der Waals surface area contributed by atoms with Gasteiger partial charge in [0, 0.05) is 12.1 Å². The van der Waals surface area contributed by atoms with Crippen molar-refractivity contribution in [3.63, 3.8) is 0 Å². The first kappa shape index (κ1) is 19.0. The van der Waals surface area contributed by atoms with Crippen LogP contribution >= 0.6 is 12.4 Å². The molecule has 1 fully saturated rings. The number of hydrogen-bond donors (Lipinski definition) is 3. The fourth-order valence-corrected chi connectivity index (χ4v) is 2.73. The molecule has 2 amide bonds. The number of furan rings is 1. The summed E-state index contributed by atoms with van der Waals surface area (Å²) in [4.78, 5) is 24.2. The van der Waals surface area contributed by atoms with Crippen molar-refractivity contribution in [3.8, 4) is 0 Å². The van der Waals surface area contributed by atoms with Gasteiger partial charge in [0.15, 0.2) is 0 Å². The number of hydrogen-bond acceptors (Lipinski definition) is 4.